The number of hydrogen-bond acceptors (Lipinski definition) is 2. The van der Waals surface area contributed by atoms with E-state index in [1.54, 1.807) is 0 Å². The molecule has 0 radical (unpaired) electrons. The van der Waals surface area contributed by atoms with Gasteiger partial charge < -0.3 is 5.73 Å². The molecular weight excluding hydrogens is 246 g/mol. The highest BCUT2D eigenvalue weighted by Crippen LogP contribution is 2.13. The van der Waals surface area contributed by atoms with Crippen LogP contribution in [0.3, 0.4) is 0 Å². The summed E-state index contributed by atoms with van der Waals surface area (Å²) in [5.41, 5.74) is 9.56. The summed E-state index contributed by atoms with van der Waals surface area (Å²) in [6.07, 6.45) is 1.65. The summed E-state index contributed by atoms with van der Waals surface area (Å²) in [4.78, 5) is 0. The van der Waals surface area contributed by atoms with Gasteiger partial charge in [0, 0.05) is 30.2 Å². The average molecular weight is 264 g/mol. The molecule has 1 aromatic carbocycles. The van der Waals surface area contributed by atoms with E-state index in [0.29, 0.717) is 0 Å². The predicted octanol–water partition coefficient (Wildman–Crippen LogP) is 2.49. The third-order valence-electron chi connectivity index (χ3n) is 2.96. The average Bonchev–Trinajstić information content (AvgIpc) is 2.57. The van der Waals surface area contributed by atoms with Crippen LogP contribution in [-0.2, 0) is 19.9 Å². The molecule has 96 valence electrons. The van der Waals surface area contributed by atoms with Crippen LogP contribution in [0.15, 0.2) is 30.3 Å². The lowest BCUT2D eigenvalue weighted by molar-refractivity contribution is 0.612. The monoisotopic (exact) mass is 263 g/mol. The van der Waals surface area contributed by atoms with Gasteiger partial charge in [-0.3, -0.25) is 4.68 Å². The molecule has 1 heterocycles. The fourth-order valence-electron chi connectivity index (χ4n) is 2.16. The van der Waals surface area contributed by atoms with Crippen molar-refractivity contribution >= 4 is 11.6 Å². The first-order valence-electron chi connectivity index (χ1n) is 6.04. The normalized spacial score (nSPS) is 12.7. The van der Waals surface area contributed by atoms with Crippen molar-refractivity contribution in [3.8, 4) is 0 Å². The Balaban J connectivity index is 2.00. The SMILES string of the molecule is Cc1cc(CC(N)Cc2cccc(Cl)c2)n(C)n1. The maximum absolute atomic E-state index is 6.18. The third-order valence-corrected chi connectivity index (χ3v) is 3.19. The van der Waals surface area contributed by atoms with Crippen LogP contribution in [0.5, 0.6) is 0 Å². The lowest BCUT2D eigenvalue weighted by atomic mass is 10.0. The highest BCUT2D eigenvalue weighted by atomic mass is 35.5. The van der Waals surface area contributed by atoms with Crippen LogP contribution in [0.2, 0.25) is 5.02 Å². The highest BCUT2D eigenvalue weighted by molar-refractivity contribution is 6.30. The number of hydrogen-bond donors (Lipinski definition) is 1. The van der Waals surface area contributed by atoms with E-state index in [2.05, 4.69) is 17.2 Å². The van der Waals surface area contributed by atoms with Gasteiger partial charge in [-0.05, 0) is 37.1 Å². The number of benzene rings is 1. The van der Waals surface area contributed by atoms with Crippen LogP contribution in [0.1, 0.15) is 17.0 Å². The molecule has 0 saturated heterocycles. The van der Waals surface area contributed by atoms with Crippen LogP contribution in [0, 0.1) is 6.92 Å². The highest BCUT2D eigenvalue weighted by Gasteiger charge is 2.09. The molecule has 4 heteroatoms. The van der Waals surface area contributed by atoms with Gasteiger partial charge in [-0.2, -0.15) is 5.10 Å². The number of halogens is 1. The minimum Gasteiger partial charge on any atom is -0.327 e. The van der Waals surface area contributed by atoms with Crippen molar-refractivity contribution in [2.75, 3.05) is 0 Å². The molecule has 2 rings (SSSR count). The van der Waals surface area contributed by atoms with Crippen molar-refractivity contribution in [3.05, 3.63) is 52.3 Å². The smallest absolute Gasteiger partial charge is 0.0596 e. The van der Waals surface area contributed by atoms with Gasteiger partial charge in [0.1, 0.15) is 0 Å². The summed E-state index contributed by atoms with van der Waals surface area (Å²) in [5, 5.41) is 5.09. The van der Waals surface area contributed by atoms with Crippen LogP contribution in [0.4, 0.5) is 0 Å². The van der Waals surface area contributed by atoms with Gasteiger partial charge in [0.15, 0.2) is 0 Å². The van der Waals surface area contributed by atoms with Crippen molar-refractivity contribution in [2.45, 2.75) is 25.8 Å². The number of nitrogens with zero attached hydrogens (tertiary/aromatic N) is 2. The molecule has 3 nitrogen and oxygen atoms in total. The van der Waals surface area contributed by atoms with Gasteiger partial charge in [-0.25, -0.2) is 0 Å². The lowest BCUT2D eigenvalue weighted by Gasteiger charge is -2.12. The van der Waals surface area contributed by atoms with E-state index in [9.17, 15) is 0 Å². The van der Waals surface area contributed by atoms with Crippen LogP contribution in [-0.4, -0.2) is 15.8 Å². The second kappa shape index (κ2) is 5.55. The van der Waals surface area contributed by atoms with Crippen molar-refractivity contribution in [1.82, 2.24) is 9.78 Å². The third kappa shape index (κ3) is 3.34. The summed E-state index contributed by atoms with van der Waals surface area (Å²) >= 11 is 5.96. The van der Waals surface area contributed by atoms with Gasteiger partial charge in [-0.1, -0.05) is 23.7 Å². The quantitative estimate of drug-likeness (QED) is 0.921. The van der Waals surface area contributed by atoms with E-state index < -0.39 is 0 Å². The Morgan fingerprint density at radius 2 is 2.11 bits per heavy atom. The maximum atomic E-state index is 6.18. The van der Waals surface area contributed by atoms with Crippen LogP contribution in [0.25, 0.3) is 0 Å². The van der Waals surface area contributed by atoms with Crippen molar-refractivity contribution in [1.29, 1.82) is 0 Å². The molecule has 2 N–H and O–H groups in total. The Morgan fingerprint density at radius 3 is 2.72 bits per heavy atom. The molecule has 0 bridgehead atoms. The summed E-state index contributed by atoms with van der Waals surface area (Å²) in [7, 11) is 1.95. The zero-order chi connectivity index (χ0) is 13.1. The van der Waals surface area contributed by atoms with E-state index >= 15 is 0 Å². The van der Waals surface area contributed by atoms with Gasteiger partial charge >= 0.3 is 0 Å². The molecule has 0 aliphatic heterocycles. The topological polar surface area (TPSA) is 43.8 Å². The lowest BCUT2D eigenvalue weighted by Crippen LogP contribution is -2.26. The van der Waals surface area contributed by atoms with Gasteiger partial charge in [0.05, 0.1) is 5.69 Å². The van der Waals surface area contributed by atoms with Gasteiger partial charge in [0.2, 0.25) is 0 Å². The Kier molecular flexibility index (Phi) is 4.04. The minimum absolute atomic E-state index is 0.0817. The maximum Gasteiger partial charge on any atom is 0.0596 e. The van der Waals surface area contributed by atoms with Crippen LogP contribution >= 0.6 is 11.6 Å². The molecule has 0 spiro atoms. The molecule has 0 fully saturated rings. The Bertz CT molecular complexity index is 534. The number of aromatic nitrogens is 2. The molecule has 0 amide bonds. The number of nitrogens with two attached hydrogens (primary N) is 1. The second-order valence-corrected chi connectivity index (χ2v) is 5.14. The van der Waals surface area contributed by atoms with E-state index in [4.69, 9.17) is 17.3 Å². The van der Waals surface area contributed by atoms with E-state index in [1.807, 2.05) is 36.9 Å². The molecule has 0 aliphatic carbocycles. The first-order chi connectivity index (χ1) is 8.54. The van der Waals surface area contributed by atoms with Gasteiger partial charge in [-0.15, -0.1) is 0 Å². The number of aryl methyl sites for hydroxylation is 2. The molecule has 2 aromatic rings. The zero-order valence-electron chi connectivity index (χ0n) is 10.7. The van der Waals surface area contributed by atoms with Gasteiger partial charge in [0.25, 0.3) is 0 Å². The van der Waals surface area contributed by atoms with E-state index in [1.165, 1.54) is 11.3 Å². The first kappa shape index (κ1) is 13.1. The molecule has 1 aromatic heterocycles. The van der Waals surface area contributed by atoms with Crippen LogP contribution < -0.4 is 5.73 Å². The summed E-state index contributed by atoms with van der Waals surface area (Å²) < 4.78 is 1.90. The zero-order valence-corrected chi connectivity index (χ0v) is 11.5. The van der Waals surface area contributed by atoms with Crippen molar-refractivity contribution in [3.63, 3.8) is 0 Å². The van der Waals surface area contributed by atoms with E-state index in [0.717, 1.165) is 23.6 Å². The predicted molar refractivity (Wildman–Crippen MR) is 74.8 cm³/mol. The fourth-order valence-corrected chi connectivity index (χ4v) is 2.38. The second-order valence-electron chi connectivity index (χ2n) is 4.70. The standard InChI is InChI=1S/C14H18ClN3/c1-10-6-14(18(2)17-10)9-13(16)8-11-4-3-5-12(15)7-11/h3-7,13H,8-9,16H2,1-2H3. The molecule has 0 aliphatic rings. The van der Waals surface area contributed by atoms with E-state index in [-0.39, 0.29) is 6.04 Å². The minimum atomic E-state index is 0.0817. The summed E-state index contributed by atoms with van der Waals surface area (Å²) in [6.45, 7) is 1.99. The Labute approximate surface area is 113 Å². The molecular formula is C14H18ClN3. The first-order valence-corrected chi connectivity index (χ1v) is 6.42. The summed E-state index contributed by atoms with van der Waals surface area (Å²) in [5.74, 6) is 0. The Hall–Kier alpha value is -1.32. The number of rotatable bonds is 4. The Morgan fingerprint density at radius 1 is 1.33 bits per heavy atom. The largest absolute Gasteiger partial charge is 0.327 e. The molecule has 1 atom stereocenters. The molecule has 0 saturated carbocycles. The fraction of sp³-hybridized carbons (Fsp3) is 0.357. The van der Waals surface area contributed by atoms with Crippen molar-refractivity contribution < 1.29 is 0 Å². The molecule has 1 unspecified atom stereocenters. The van der Waals surface area contributed by atoms with Crippen molar-refractivity contribution in [2.24, 2.45) is 12.8 Å². The summed E-state index contributed by atoms with van der Waals surface area (Å²) in [6, 6.07) is 10.0. The molecule has 18 heavy (non-hydrogen) atoms.